The smallest absolute Gasteiger partial charge is 0.387 e. The summed E-state index contributed by atoms with van der Waals surface area (Å²) in [5, 5.41) is 10.1. The van der Waals surface area contributed by atoms with Crippen LogP contribution in [-0.4, -0.2) is 54.7 Å². The van der Waals surface area contributed by atoms with Crippen molar-refractivity contribution in [3.63, 3.8) is 0 Å². The molecule has 1 unspecified atom stereocenters. The van der Waals surface area contributed by atoms with Gasteiger partial charge in [-0.2, -0.15) is 13.2 Å². The highest BCUT2D eigenvalue weighted by Crippen LogP contribution is 2.30. The van der Waals surface area contributed by atoms with Crippen LogP contribution in [0.2, 0.25) is 0 Å². The number of piperazine rings is 1. The standard InChI is InChI=1S/C14H19F3N2O/c1-18-5-7-19(8-6-18)10-13(20)11-3-2-4-12(9-11)14(15,16)17/h2-4,9,13,20H,5-8,10H2,1H3. The van der Waals surface area contributed by atoms with E-state index in [-0.39, 0.29) is 0 Å². The first-order chi connectivity index (χ1) is 9.36. The van der Waals surface area contributed by atoms with E-state index in [2.05, 4.69) is 9.80 Å². The zero-order chi connectivity index (χ0) is 14.8. The van der Waals surface area contributed by atoms with Crippen LogP contribution in [-0.2, 0) is 6.18 Å². The van der Waals surface area contributed by atoms with Gasteiger partial charge in [0.1, 0.15) is 0 Å². The Kier molecular flexibility index (Phi) is 4.67. The molecule has 6 heteroatoms. The van der Waals surface area contributed by atoms with Crippen molar-refractivity contribution < 1.29 is 18.3 Å². The van der Waals surface area contributed by atoms with Crippen molar-refractivity contribution in [1.82, 2.24) is 9.80 Å². The van der Waals surface area contributed by atoms with E-state index in [1.807, 2.05) is 7.05 Å². The van der Waals surface area contributed by atoms with Gasteiger partial charge in [0.15, 0.2) is 0 Å². The molecule has 1 aliphatic rings. The minimum Gasteiger partial charge on any atom is -0.387 e. The van der Waals surface area contributed by atoms with Crippen LogP contribution in [0.1, 0.15) is 17.2 Å². The van der Waals surface area contributed by atoms with Crippen molar-refractivity contribution in [1.29, 1.82) is 0 Å². The summed E-state index contributed by atoms with van der Waals surface area (Å²) in [4.78, 5) is 4.26. The van der Waals surface area contributed by atoms with Gasteiger partial charge in [-0.25, -0.2) is 0 Å². The Morgan fingerprint density at radius 3 is 2.45 bits per heavy atom. The van der Waals surface area contributed by atoms with E-state index in [4.69, 9.17) is 0 Å². The molecule has 0 amide bonds. The zero-order valence-electron chi connectivity index (χ0n) is 11.4. The predicted octanol–water partition coefficient (Wildman–Crippen LogP) is 1.99. The number of alkyl halides is 3. The topological polar surface area (TPSA) is 26.7 Å². The molecule has 1 heterocycles. The van der Waals surface area contributed by atoms with Crippen LogP contribution in [0.25, 0.3) is 0 Å². The maximum absolute atomic E-state index is 12.6. The lowest BCUT2D eigenvalue weighted by Crippen LogP contribution is -2.45. The molecule has 1 saturated heterocycles. The Bertz CT molecular complexity index is 442. The monoisotopic (exact) mass is 288 g/mol. The third-order valence-corrected chi connectivity index (χ3v) is 3.63. The minimum atomic E-state index is -4.37. The van der Waals surface area contributed by atoms with Crippen molar-refractivity contribution in [2.45, 2.75) is 12.3 Å². The highest BCUT2D eigenvalue weighted by atomic mass is 19.4. The van der Waals surface area contributed by atoms with E-state index in [1.54, 1.807) is 0 Å². The number of likely N-dealkylation sites (N-methyl/N-ethyl adjacent to an activating group) is 1. The largest absolute Gasteiger partial charge is 0.416 e. The molecule has 1 atom stereocenters. The molecule has 3 nitrogen and oxygen atoms in total. The molecule has 20 heavy (non-hydrogen) atoms. The van der Waals surface area contributed by atoms with E-state index in [0.717, 1.165) is 38.3 Å². The van der Waals surface area contributed by atoms with Gasteiger partial charge in [-0.05, 0) is 24.7 Å². The molecule has 2 rings (SSSR count). The lowest BCUT2D eigenvalue weighted by molar-refractivity contribution is -0.137. The summed E-state index contributed by atoms with van der Waals surface area (Å²) in [5.41, 5.74) is -0.397. The molecule has 0 aliphatic carbocycles. The van der Waals surface area contributed by atoms with Crippen LogP contribution in [0.3, 0.4) is 0 Å². The molecule has 1 aliphatic heterocycles. The van der Waals surface area contributed by atoms with Gasteiger partial charge in [0, 0.05) is 32.7 Å². The quantitative estimate of drug-likeness (QED) is 0.921. The van der Waals surface area contributed by atoms with E-state index in [0.29, 0.717) is 12.1 Å². The fourth-order valence-electron chi connectivity index (χ4n) is 2.30. The van der Waals surface area contributed by atoms with Crippen molar-refractivity contribution in [3.8, 4) is 0 Å². The molecular formula is C14H19F3N2O. The SMILES string of the molecule is CN1CCN(CC(O)c2cccc(C(F)(F)F)c2)CC1. The van der Waals surface area contributed by atoms with Gasteiger partial charge in [-0.15, -0.1) is 0 Å². The van der Waals surface area contributed by atoms with Crippen LogP contribution in [0.4, 0.5) is 13.2 Å². The molecule has 0 radical (unpaired) electrons. The summed E-state index contributed by atoms with van der Waals surface area (Å²) in [6, 6.07) is 4.92. The predicted molar refractivity (Wildman–Crippen MR) is 70.3 cm³/mol. The first-order valence-electron chi connectivity index (χ1n) is 6.62. The fourth-order valence-corrected chi connectivity index (χ4v) is 2.30. The van der Waals surface area contributed by atoms with Crippen molar-refractivity contribution in [3.05, 3.63) is 35.4 Å². The Morgan fingerprint density at radius 2 is 1.85 bits per heavy atom. The second kappa shape index (κ2) is 6.11. The molecule has 1 fully saturated rings. The minimum absolute atomic E-state index is 0.318. The lowest BCUT2D eigenvalue weighted by atomic mass is 10.0. The number of halogens is 3. The average Bonchev–Trinajstić information content (AvgIpc) is 2.40. The summed E-state index contributed by atoms with van der Waals surface area (Å²) in [7, 11) is 2.03. The second-order valence-electron chi connectivity index (χ2n) is 5.24. The molecule has 1 aromatic rings. The Balaban J connectivity index is 2.00. The van der Waals surface area contributed by atoms with Gasteiger partial charge in [-0.3, -0.25) is 4.90 Å². The summed E-state index contributed by atoms with van der Waals surface area (Å²) in [5.74, 6) is 0. The number of β-amino-alcohol motifs (C(OH)–C–C–N with tert-alkyl or cyclic N) is 1. The highest BCUT2D eigenvalue weighted by molar-refractivity contribution is 5.27. The fraction of sp³-hybridized carbons (Fsp3) is 0.571. The second-order valence-corrected chi connectivity index (χ2v) is 5.24. The lowest BCUT2D eigenvalue weighted by Gasteiger charge is -2.33. The number of nitrogens with zero attached hydrogens (tertiary/aromatic N) is 2. The number of benzene rings is 1. The van der Waals surface area contributed by atoms with Crippen LogP contribution in [0.5, 0.6) is 0 Å². The van der Waals surface area contributed by atoms with Gasteiger partial charge in [0.25, 0.3) is 0 Å². The molecule has 0 bridgehead atoms. The average molecular weight is 288 g/mol. The number of hydrogen-bond donors (Lipinski definition) is 1. The molecule has 0 aromatic heterocycles. The maximum atomic E-state index is 12.6. The molecule has 1 aromatic carbocycles. The van der Waals surface area contributed by atoms with Crippen LogP contribution >= 0.6 is 0 Å². The summed E-state index contributed by atoms with van der Waals surface area (Å²) >= 11 is 0. The van der Waals surface area contributed by atoms with Gasteiger partial charge < -0.3 is 10.0 Å². The van der Waals surface area contributed by atoms with Crippen molar-refractivity contribution in [2.24, 2.45) is 0 Å². The van der Waals surface area contributed by atoms with E-state index < -0.39 is 17.8 Å². The molecule has 0 saturated carbocycles. The summed E-state index contributed by atoms with van der Waals surface area (Å²) < 4.78 is 37.9. The number of hydrogen-bond acceptors (Lipinski definition) is 3. The van der Waals surface area contributed by atoms with Gasteiger partial charge in [0.2, 0.25) is 0 Å². The Hall–Kier alpha value is -1.11. The number of rotatable bonds is 3. The van der Waals surface area contributed by atoms with E-state index in [1.165, 1.54) is 12.1 Å². The van der Waals surface area contributed by atoms with E-state index in [9.17, 15) is 18.3 Å². The van der Waals surface area contributed by atoms with Crippen LogP contribution in [0, 0.1) is 0 Å². The van der Waals surface area contributed by atoms with Crippen molar-refractivity contribution in [2.75, 3.05) is 39.8 Å². The van der Waals surface area contributed by atoms with Gasteiger partial charge in [0.05, 0.1) is 11.7 Å². The van der Waals surface area contributed by atoms with Gasteiger partial charge >= 0.3 is 6.18 Å². The first kappa shape index (κ1) is 15.3. The number of aliphatic hydroxyl groups is 1. The third-order valence-electron chi connectivity index (χ3n) is 3.63. The zero-order valence-corrected chi connectivity index (χ0v) is 11.4. The molecular weight excluding hydrogens is 269 g/mol. The molecule has 0 spiro atoms. The van der Waals surface area contributed by atoms with Gasteiger partial charge in [-0.1, -0.05) is 12.1 Å². The molecule has 1 N–H and O–H groups in total. The Morgan fingerprint density at radius 1 is 1.20 bits per heavy atom. The Labute approximate surface area is 116 Å². The molecule has 112 valence electrons. The number of aliphatic hydroxyl groups excluding tert-OH is 1. The summed E-state index contributed by atoms with van der Waals surface area (Å²) in [6.45, 7) is 3.85. The van der Waals surface area contributed by atoms with Crippen molar-refractivity contribution >= 4 is 0 Å². The van der Waals surface area contributed by atoms with Crippen LogP contribution in [0.15, 0.2) is 24.3 Å². The normalized spacial score (nSPS) is 20.1. The van der Waals surface area contributed by atoms with Crippen LogP contribution < -0.4 is 0 Å². The highest BCUT2D eigenvalue weighted by Gasteiger charge is 2.31. The summed E-state index contributed by atoms with van der Waals surface area (Å²) in [6.07, 6.45) is -5.26. The third kappa shape index (κ3) is 3.94. The first-order valence-corrected chi connectivity index (χ1v) is 6.62. The maximum Gasteiger partial charge on any atom is 0.416 e. The van der Waals surface area contributed by atoms with E-state index >= 15 is 0 Å².